The summed E-state index contributed by atoms with van der Waals surface area (Å²) in [4.78, 5) is 11.5. The largest absolute Gasteiger partial charge is 0.466 e. The van der Waals surface area contributed by atoms with Crippen LogP contribution < -0.4 is 0 Å². The Morgan fingerprint density at radius 3 is 2.35 bits per heavy atom. The van der Waals surface area contributed by atoms with E-state index in [0.717, 1.165) is 11.1 Å². The van der Waals surface area contributed by atoms with E-state index in [9.17, 15) is 4.79 Å². The van der Waals surface area contributed by atoms with E-state index in [1.165, 1.54) is 0 Å². The van der Waals surface area contributed by atoms with Crippen LogP contribution in [0.2, 0.25) is 19.6 Å². The predicted molar refractivity (Wildman–Crippen MR) is 86.3 cm³/mol. The number of benzene rings is 1. The highest BCUT2D eigenvalue weighted by atomic mass is 28.3. The summed E-state index contributed by atoms with van der Waals surface area (Å²) in [5, 5.41) is 0. The molecule has 1 rings (SSSR count). The zero-order valence-electron chi connectivity index (χ0n) is 13.1. The molecule has 1 aromatic rings. The molecule has 0 amide bonds. The molecule has 0 bridgehead atoms. The minimum Gasteiger partial charge on any atom is -0.466 e. The lowest BCUT2D eigenvalue weighted by Crippen LogP contribution is -2.16. The molecule has 1 unspecified atom stereocenters. The van der Waals surface area contributed by atoms with Crippen LogP contribution in [0.1, 0.15) is 37.3 Å². The van der Waals surface area contributed by atoms with E-state index in [0.29, 0.717) is 13.0 Å². The molecule has 0 spiro atoms. The topological polar surface area (TPSA) is 26.3 Å². The average Bonchev–Trinajstić information content (AvgIpc) is 2.36. The molecule has 0 fully saturated rings. The Hall–Kier alpha value is -1.53. The lowest BCUT2D eigenvalue weighted by molar-refractivity contribution is -0.143. The second-order valence-corrected chi connectivity index (χ2v) is 10.8. The molecule has 1 aromatic carbocycles. The van der Waals surface area contributed by atoms with Crippen LogP contribution in [0.4, 0.5) is 0 Å². The highest BCUT2D eigenvalue weighted by Crippen LogP contribution is 2.19. The molecule has 2 nitrogen and oxygen atoms in total. The lowest BCUT2D eigenvalue weighted by atomic mass is 9.97. The first-order valence-electron chi connectivity index (χ1n) is 7.10. The molecule has 1 atom stereocenters. The van der Waals surface area contributed by atoms with Crippen molar-refractivity contribution in [3.63, 3.8) is 0 Å². The van der Waals surface area contributed by atoms with Crippen molar-refractivity contribution >= 4 is 14.0 Å². The maximum absolute atomic E-state index is 11.5. The molecule has 0 N–H and O–H groups in total. The van der Waals surface area contributed by atoms with Crippen molar-refractivity contribution < 1.29 is 9.53 Å². The molecular formula is C17H24O2Si. The highest BCUT2D eigenvalue weighted by Gasteiger charge is 2.12. The Morgan fingerprint density at radius 1 is 1.25 bits per heavy atom. The Morgan fingerprint density at radius 2 is 1.85 bits per heavy atom. The van der Waals surface area contributed by atoms with Gasteiger partial charge in [0, 0.05) is 5.56 Å². The van der Waals surface area contributed by atoms with Crippen molar-refractivity contribution in [2.45, 2.75) is 45.8 Å². The summed E-state index contributed by atoms with van der Waals surface area (Å²) in [7, 11) is -1.33. The number of carbonyl (C=O) groups excluding carboxylic acids is 1. The number of carbonyl (C=O) groups is 1. The van der Waals surface area contributed by atoms with Gasteiger partial charge in [0.05, 0.1) is 13.0 Å². The number of esters is 1. The molecule has 0 heterocycles. The summed E-state index contributed by atoms with van der Waals surface area (Å²) in [5.74, 6) is 3.27. The van der Waals surface area contributed by atoms with E-state index in [1.54, 1.807) is 0 Å². The third-order valence-corrected chi connectivity index (χ3v) is 3.71. The third-order valence-electron chi connectivity index (χ3n) is 2.84. The van der Waals surface area contributed by atoms with Crippen molar-refractivity contribution in [3.05, 3.63) is 35.4 Å². The van der Waals surface area contributed by atoms with E-state index in [2.05, 4.69) is 43.2 Å². The molecule has 0 aliphatic heterocycles. The van der Waals surface area contributed by atoms with E-state index in [-0.39, 0.29) is 11.9 Å². The highest BCUT2D eigenvalue weighted by molar-refractivity contribution is 6.83. The van der Waals surface area contributed by atoms with Gasteiger partial charge in [-0.2, -0.15) is 0 Å². The van der Waals surface area contributed by atoms with Crippen LogP contribution >= 0.6 is 0 Å². The number of hydrogen-bond donors (Lipinski definition) is 0. The minimum absolute atomic E-state index is 0.136. The van der Waals surface area contributed by atoms with Gasteiger partial charge < -0.3 is 4.74 Å². The van der Waals surface area contributed by atoms with E-state index in [4.69, 9.17) is 4.74 Å². The first kappa shape index (κ1) is 16.5. The third kappa shape index (κ3) is 6.07. The molecule has 0 saturated carbocycles. The van der Waals surface area contributed by atoms with Crippen LogP contribution in [0, 0.1) is 11.5 Å². The summed E-state index contributed by atoms with van der Waals surface area (Å²) < 4.78 is 4.98. The van der Waals surface area contributed by atoms with Gasteiger partial charge in [0.25, 0.3) is 0 Å². The summed E-state index contributed by atoms with van der Waals surface area (Å²) in [6, 6.07) is 8.17. The summed E-state index contributed by atoms with van der Waals surface area (Å²) >= 11 is 0. The molecule has 0 aliphatic carbocycles. The number of rotatable bonds is 4. The van der Waals surface area contributed by atoms with E-state index < -0.39 is 8.07 Å². The fourth-order valence-corrected chi connectivity index (χ4v) is 2.26. The van der Waals surface area contributed by atoms with Crippen molar-refractivity contribution in [2.75, 3.05) is 6.61 Å². The SMILES string of the molecule is CCOC(=O)CC(C)c1ccc(C#C[Si](C)(C)C)cc1. The van der Waals surface area contributed by atoms with Gasteiger partial charge in [-0.15, -0.1) is 5.54 Å². The summed E-state index contributed by atoms with van der Waals surface area (Å²) in [6.07, 6.45) is 0.424. The lowest BCUT2D eigenvalue weighted by Gasteiger charge is -2.11. The van der Waals surface area contributed by atoms with Gasteiger partial charge in [-0.1, -0.05) is 44.6 Å². The number of hydrogen-bond acceptors (Lipinski definition) is 2. The normalized spacial score (nSPS) is 12.2. The van der Waals surface area contributed by atoms with Gasteiger partial charge in [-0.05, 0) is 30.5 Å². The Labute approximate surface area is 123 Å². The molecule has 0 aromatic heterocycles. The predicted octanol–water partition coefficient (Wildman–Crippen LogP) is 3.97. The van der Waals surface area contributed by atoms with Crippen LogP contribution in [-0.2, 0) is 9.53 Å². The van der Waals surface area contributed by atoms with E-state index >= 15 is 0 Å². The van der Waals surface area contributed by atoms with Crippen molar-refractivity contribution in [1.29, 1.82) is 0 Å². The molecular weight excluding hydrogens is 264 g/mol. The standard InChI is InChI=1S/C17H24O2Si/c1-6-19-17(18)13-14(2)16-9-7-15(8-10-16)11-12-20(3,4)5/h7-10,14H,6,13H2,1-5H3. The minimum atomic E-state index is -1.33. The van der Waals surface area contributed by atoms with Crippen molar-refractivity contribution in [2.24, 2.45) is 0 Å². The molecule has 20 heavy (non-hydrogen) atoms. The van der Waals surface area contributed by atoms with Crippen molar-refractivity contribution in [3.8, 4) is 11.5 Å². The van der Waals surface area contributed by atoms with Gasteiger partial charge in [-0.25, -0.2) is 0 Å². The molecule has 108 valence electrons. The maximum atomic E-state index is 11.5. The Kier molecular flexibility index (Phi) is 6.03. The van der Waals surface area contributed by atoms with Gasteiger partial charge in [0.1, 0.15) is 8.07 Å². The van der Waals surface area contributed by atoms with Crippen LogP contribution in [-0.4, -0.2) is 20.7 Å². The summed E-state index contributed by atoms with van der Waals surface area (Å²) in [5.41, 5.74) is 5.54. The maximum Gasteiger partial charge on any atom is 0.306 e. The van der Waals surface area contributed by atoms with E-state index in [1.807, 2.05) is 26.0 Å². The van der Waals surface area contributed by atoms with Crippen LogP contribution in [0.3, 0.4) is 0 Å². The fourth-order valence-electron chi connectivity index (χ4n) is 1.74. The monoisotopic (exact) mass is 288 g/mol. The molecule has 3 heteroatoms. The second kappa shape index (κ2) is 7.30. The fraction of sp³-hybridized carbons (Fsp3) is 0.471. The van der Waals surface area contributed by atoms with Crippen molar-refractivity contribution in [1.82, 2.24) is 0 Å². The van der Waals surface area contributed by atoms with Crippen LogP contribution in [0.25, 0.3) is 0 Å². The molecule has 0 saturated heterocycles. The van der Waals surface area contributed by atoms with Crippen LogP contribution in [0.15, 0.2) is 24.3 Å². The quantitative estimate of drug-likeness (QED) is 0.476. The van der Waals surface area contributed by atoms with Gasteiger partial charge in [0.15, 0.2) is 0 Å². The second-order valence-electron chi connectivity index (χ2n) is 6.03. The smallest absolute Gasteiger partial charge is 0.306 e. The first-order valence-corrected chi connectivity index (χ1v) is 10.6. The van der Waals surface area contributed by atoms with Gasteiger partial charge in [-0.3, -0.25) is 4.79 Å². The molecule has 0 radical (unpaired) electrons. The summed E-state index contributed by atoms with van der Waals surface area (Å²) in [6.45, 7) is 11.0. The van der Waals surface area contributed by atoms with Gasteiger partial charge in [0.2, 0.25) is 0 Å². The Balaban J connectivity index is 2.70. The Bertz CT molecular complexity index is 501. The molecule has 0 aliphatic rings. The zero-order valence-corrected chi connectivity index (χ0v) is 14.1. The first-order chi connectivity index (χ1) is 9.31. The van der Waals surface area contributed by atoms with Crippen LogP contribution in [0.5, 0.6) is 0 Å². The van der Waals surface area contributed by atoms with Gasteiger partial charge >= 0.3 is 5.97 Å². The zero-order chi connectivity index (χ0) is 15.2. The number of ether oxygens (including phenoxy) is 1. The average molecular weight is 288 g/mol.